The second-order valence-corrected chi connectivity index (χ2v) is 4.17. The third-order valence-corrected chi connectivity index (χ3v) is 3.00. The van der Waals surface area contributed by atoms with Crippen molar-refractivity contribution < 1.29 is 13.6 Å². The molecule has 2 N–H and O–H groups in total. The van der Waals surface area contributed by atoms with E-state index in [-0.39, 0.29) is 16.9 Å². The molecule has 0 bridgehead atoms. The molecule has 0 spiro atoms. The van der Waals surface area contributed by atoms with Crippen molar-refractivity contribution in [1.82, 2.24) is 4.89 Å². The number of hydrogen-bond donors (Lipinski definition) is 2. The Bertz CT molecular complexity index is 400. The Labute approximate surface area is 76.0 Å². The first kappa shape index (κ1) is 9.92. The fraction of sp³-hybridized carbons (Fsp3) is 0.286. The zero-order valence-corrected chi connectivity index (χ0v) is 7.50. The summed E-state index contributed by atoms with van der Waals surface area (Å²) in [6, 6.07) is 1.76. The average Bonchev–Trinajstić information content (AvgIpc) is 2.18. The lowest BCUT2D eigenvalue weighted by Crippen LogP contribution is -2.22. The van der Waals surface area contributed by atoms with Gasteiger partial charge in [-0.15, -0.1) is 0 Å². The van der Waals surface area contributed by atoms with E-state index in [0.29, 0.717) is 6.42 Å². The van der Waals surface area contributed by atoms with Crippen LogP contribution in [0.25, 0.3) is 0 Å². The summed E-state index contributed by atoms with van der Waals surface area (Å²) >= 11 is 0. The Morgan fingerprint density at radius 2 is 2.31 bits per heavy atom. The van der Waals surface area contributed by atoms with Crippen LogP contribution in [-0.4, -0.2) is 13.6 Å². The maximum atomic E-state index is 11.1. The molecule has 0 aromatic heterocycles. The third kappa shape index (κ3) is 1.95. The zero-order chi connectivity index (χ0) is 9.90. The molecular weight excluding hydrogens is 192 g/mol. The van der Waals surface area contributed by atoms with Crippen LogP contribution in [0, 0.1) is 11.3 Å². The minimum atomic E-state index is -3.87. The topological polar surface area (TPSA) is 90.2 Å². The molecule has 6 heteroatoms. The third-order valence-electron chi connectivity index (χ3n) is 1.69. The summed E-state index contributed by atoms with van der Waals surface area (Å²) in [6.07, 6.45) is 3.96. The highest BCUT2D eigenvalue weighted by atomic mass is 32.2. The second kappa shape index (κ2) is 3.70. The van der Waals surface area contributed by atoms with Gasteiger partial charge < -0.3 is 5.21 Å². The van der Waals surface area contributed by atoms with Crippen molar-refractivity contribution in [2.45, 2.75) is 12.8 Å². The van der Waals surface area contributed by atoms with E-state index in [1.807, 2.05) is 0 Å². The monoisotopic (exact) mass is 200 g/mol. The van der Waals surface area contributed by atoms with Crippen molar-refractivity contribution in [2.24, 2.45) is 0 Å². The molecule has 5 nitrogen and oxygen atoms in total. The lowest BCUT2D eigenvalue weighted by atomic mass is 10.1. The molecule has 0 fully saturated rings. The first-order chi connectivity index (χ1) is 6.11. The summed E-state index contributed by atoms with van der Waals surface area (Å²) in [6.45, 7) is 0. The maximum Gasteiger partial charge on any atom is 0.259 e. The molecule has 1 aliphatic rings. The van der Waals surface area contributed by atoms with Crippen LogP contribution in [0.1, 0.15) is 12.8 Å². The molecule has 0 aromatic carbocycles. The van der Waals surface area contributed by atoms with Gasteiger partial charge >= 0.3 is 0 Å². The molecule has 70 valence electrons. The van der Waals surface area contributed by atoms with Crippen molar-refractivity contribution in [1.29, 1.82) is 5.26 Å². The molecule has 0 radical (unpaired) electrons. The Kier molecular flexibility index (Phi) is 2.83. The molecule has 0 saturated heterocycles. The van der Waals surface area contributed by atoms with E-state index >= 15 is 0 Å². The zero-order valence-electron chi connectivity index (χ0n) is 6.69. The van der Waals surface area contributed by atoms with Crippen LogP contribution in [0.2, 0.25) is 0 Å². The van der Waals surface area contributed by atoms with Gasteiger partial charge in [-0.05, 0) is 18.9 Å². The number of sulfonamides is 1. The minimum Gasteiger partial charge on any atom is -0.302 e. The van der Waals surface area contributed by atoms with Gasteiger partial charge in [0.1, 0.15) is 6.07 Å². The van der Waals surface area contributed by atoms with Gasteiger partial charge in [0.2, 0.25) is 0 Å². The van der Waals surface area contributed by atoms with Gasteiger partial charge in [-0.2, -0.15) is 5.26 Å². The van der Waals surface area contributed by atoms with E-state index < -0.39 is 10.0 Å². The fourth-order valence-electron chi connectivity index (χ4n) is 1.08. The van der Waals surface area contributed by atoms with E-state index in [2.05, 4.69) is 0 Å². The highest BCUT2D eigenvalue weighted by Gasteiger charge is 2.21. The average molecular weight is 200 g/mol. The molecular formula is C7H8N2O3S. The molecule has 0 heterocycles. The van der Waals surface area contributed by atoms with Crippen molar-refractivity contribution in [2.75, 3.05) is 0 Å². The van der Waals surface area contributed by atoms with E-state index in [0.717, 1.165) is 0 Å². The van der Waals surface area contributed by atoms with Crippen LogP contribution in [0.3, 0.4) is 0 Å². The van der Waals surface area contributed by atoms with Crippen LogP contribution in [0.15, 0.2) is 22.6 Å². The summed E-state index contributed by atoms with van der Waals surface area (Å²) in [5.74, 6) is 0. The van der Waals surface area contributed by atoms with Crippen molar-refractivity contribution in [3.63, 3.8) is 0 Å². The smallest absolute Gasteiger partial charge is 0.259 e. The van der Waals surface area contributed by atoms with E-state index in [1.54, 1.807) is 12.1 Å². The van der Waals surface area contributed by atoms with Crippen LogP contribution >= 0.6 is 0 Å². The highest BCUT2D eigenvalue weighted by molar-refractivity contribution is 7.93. The quantitative estimate of drug-likeness (QED) is 0.632. The maximum absolute atomic E-state index is 11.1. The molecule has 0 atom stereocenters. The molecule has 1 rings (SSSR count). The van der Waals surface area contributed by atoms with Crippen molar-refractivity contribution in [3.05, 3.63) is 22.6 Å². The Morgan fingerprint density at radius 3 is 2.85 bits per heavy atom. The summed E-state index contributed by atoms with van der Waals surface area (Å²) < 4.78 is 22.2. The van der Waals surface area contributed by atoms with Gasteiger partial charge in [0.25, 0.3) is 10.0 Å². The van der Waals surface area contributed by atoms with Gasteiger partial charge in [-0.3, -0.25) is 0 Å². The van der Waals surface area contributed by atoms with E-state index in [1.165, 1.54) is 11.0 Å². The number of allylic oxidation sites excluding steroid dienone is 4. The predicted molar refractivity (Wildman–Crippen MR) is 44.9 cm³/mol. The second-order valence-electron chi connectivity index (χ2n) is 2.48. The molecule has 0 aromatic rings. The summed E-state index contributed by atoms with van der Waals surface area (Å²) in [7, 11) is -3.87. The predicted octanol–water partition coefficient (Wildman–Crippen LogP) is 0.423. The van der Waals surface area contributed by atoms with Crippen LogP contribution < -0.4 is 4.89 Å². The largest absolute Gasteiger partial charge is 0.302 e. The standard InChI is InChI=1S/C7H8N2O3S/c8-5-6-3-1-2-4-7(6)13(11,12)9-10/h1,3,9-10H,2,4H2. The number of nitrogens with one attached hydrogen (secondary N) is 1. The first-order valence-corrected chi connectivity index (χ1v) is 5.06. The number of nitriles is 1. The van der Waals surface area contributed by atoms with Crippen LogP contribution in [0.5, 0.6) is 0 Å². The highest BCUT2D eigenvalue weighted by Crippen LogP contribution is 2.22. The van der Waals surface area contributed by atoms with Gasteiger partial charge in [-0.1, -0.05) is 11.0 Å². The van der Waals surface area contributed by atoms with Gasteiger partial charge in [-0.25, -0.2) is 8.42 Å². The van der Waals surface area contributed by atoms with E-state index in [9.17, 15) is 8.42 Å². The molecule has 0 saturated carbocycles. The summed E-state index contributed by atoms with van der Waals surface area (Å²) in [5, 5.41) is 16.9. The Morgan fingerprint density at radius 1 is 1.62 bits per heavy atom. The van der Waals surface area contributed by atoms with Gasteiger partial charge in [0, 0.05) is 0 Å². The van der Waals surface area contributed by atoms with Crippen LogP contribution in [-0.2, 0) is 10.0 Å². The normalized spacial score (nSPS) is 17.2. The first-order valence-electron chi connectivity index (χ1n) is 3.57. The van der Waals surface area contributed by atoms with Crippen molar-refractivity contribution in [3.8, 4) is 6.07 Å². The lowest BCUT2D eigenvalue weighted by Gasteiger charge is -2.10. The number of nitrogens with zero attached hydrogens (tertiary/aromatic N) is 1. The van der Waals surface area contributed by atoms with Crippen LogP contribution in [0.4, 0.5) is 0 Å². The SMILES string of the molecule is N#CC1=C(S(=O)(=O)NO)CCC=C1. The molecule has 0 aliphatic heterocycles. The van der Waals surface area contributed by atoms with Crippen molar-refractivity contribution >= 4 is 10.0 Å². The lowest BCUT2D eigenvalue weighted by molar-refractivity contribution is 0.244. The van der Waals surface area contributed by atoms with Gasteiger partial charge in [0.05, 0.1) is 10.5 Å². The molecule has 0 amide bonds. The summed E-state index contributed by atoms with van der Waals surface area (Å²) in [4.78, 5) is 1.15. The molecule has 1 aliphatic carbocycles. The molecule has 13 heavy (non-hydrogen) atoms. The Hall–Kier alpha value is -1.16. The van der Waals surface area contributed by atoms with E-state index in [4.69, 9.17) is 10.5 Å². The fourth-order valence-corrected chi connectivity index (χ4v) is 1.98. The molecule has 0 unspecified atom stereocenters. The number of rotatable bonds is 2. The summed E-state index contributed by atoms with van der Waals surface area (Å²) in [5.41, 5.74) is 0.0767. The minimum absolute atomic E-state index is 0.0556. The number of hydrogen-bond acceptors (Lipinski definition) is 4. The Balaban J connectivity index is 3.23. The van der Waals surface area contributed by atoms with Gasteiger partial charge in [0.15, 0.2) is 0 Å².